The zero-order valence-electron chi connectivity index (χ0n) is 13.3. The number of nitrogens with one attached hydrogen (secondary N) is 1. The molecule has 1 aromatic rings. The Labute approximate surface area is 130 Å². The molecule has 1 rings (SSSR count). The summed E-state index contributed by atoms with van der Waals surface area (Å²) in [5, 5.41) is 11.4. The Kier molecular flexibility index (Phi) is 6.10. The molecule has 0 saturated heterocycles. The molecule has 0 heterocycles. The van der Waals surface area contributed by atoms with Crippen molar-refractivity contribution in [1.29, 1.82) is 0 Å². The molecule has 0 aliphatic carbocycles. The number of carboxylic acids is 1. The van der Waals surface area contributed by atoms with Crippen LogP contribution in [0, 0.1) is 19.8 Å². The fourth-order valence-electron chi connectivity index (χ4n) is 2.09. The van der Waals surface area contributed by atoms with Crippen LogP contribution in [0.3, 0.4) is 0 Å². The molecule has 1 atom stereocenters. The fourth-order valence-corrected chi connectivity index (χ4v) is 2.09. The molecular weight excluding hydrogens is 284 g/mol. The van der Waals surface area contributed by atoms with E-state index in [0.29, 0.717) is 5.56 Å². The number of amides is 2. The highest BCUT2D eigenvalue weighted by Crippen LogP contribution is 2.08. The van der Waals surface area contributed by atoms with Gasteiger partial charge in [-0.1, -0.05) is 24.1 Å². The van der Waals surface area contributed by atoms with Crippen LogP contribution in [0.4, 0.5) is 0 Å². The molecule has 120 valence electrons. The lowest BCUT2D eigenvalue weighted by Gasteiger charge is -2.19. The molecule has 6 nitrogen and oxygen atoms in total. The van der Waals surface area contributed by atoms with Gasteiger partial charge in [-0.2, -0.15) is 0 Å². The maximum Gasteiger partial charge on any atom is 0.308 e. The van der Waals surface area contributed by atoms with Crippen LogP contribution < -0.4 is 5.32 Å². The van der Waals surface area contributed by atoms with E-state index in [1.54, 1.807) is 12.1 Å². The van der Waals surface area contributed by atoms with Crippen molar-refractivity contribution in [1.82, 2.24) is 10.2 Å². The van der Waals surface area contributed by atoms with Crippen LogP contribution in [0.2, 0.25) is 0 Å². The number of nitrogens with zero attached hydrogens (tertiary/aromatic N) is 1. The monoisotopic (exact) mass is 306 g/mol. The summed E-state index contributed by atoms with van der Waals surface area (Å²) in [6, 6.07) is 5.47. The second kappa shape index (κ2) is 7.59. The largest absolute Gasteiger partial charge is 0.481 e. The number of hydrogen-bond acceptors (Lipinski definition) is 3. The van der Waals surface area contributed by atoms with Crippen molar-refractivity contribution in [2.75, 3.05) is 20.1 Å². The summed E-state index contributed by atoms with van der Waals surface area (Å²) in [6.45, 7) is 5.27. The summed E-state index contributed by atoms with van der Waals surface area (Å²) in [5.41, 5.74) is 2.46. The first-order valence-corrected chi connectivity index (χ1v) is 7.04. The van der Waals surface area contributed by atoms with Gasteiger partial charge in [0.05, 0.1) is 12.5 Å². The Balaban J connectivity index is 2.56. The lowest BCUT2D eigenvalue weighted by Crippen LogP contribution is -2.40. The summed E-state index contributed by atoms with van der Waals surface area (Å²) in [4.78, 5) is 36.0. The highest BCUT2D eigenvalue weighted by atomic mass is 16.4. The Bertz CT molecular complexity index is 563. The number of aryl methyl sites for hydroxylation is 2. The second-order valence-corrected chi connectivity index (χ2v) is 5.57. The number of rotatable bonds is 6. The maximum atomic E-state index is 12.0. The lowest BCUT2D eigenvalue weighted by molar-refractivity contribution is -0.142. The van der Waals surface area contributed by atoms with E-state index < -0.39 is 11.9 Å². The average Bonchev–Trinajstić information content (AvgIpc) is 2.42. The third-order valence-electron chi connectivity index (χ3n) is 3.28. The molecule has 0 aromatic heterocycles. The van der Waals surface area contributed by atoms with E-state index in [1.165, 1.54) is 18.9 Å². The van der Waals surface area contributed by atoms with Crippen LogP contribution in [0.15, 0.2) is 18.2 Å². The Morgan fingerprint density at radius 2 is 1.73 bits per heavy atom. The van der Waals surface area contributed by atoms with Gasteiger partial charge >= 0.3 is 5.97 Å². The molecule has 2 amide bonds. The number of carbonyl (C=O) groups excluding carboxylic acids is 2. The van der Waals surface area contributed by atoms with Gasteiger partial charge in [-0.3, -0.25) is 14.4 Å². The van der Waals surface area contributed by atoms with Crippen molar-refractivity contribution in [3.8, 4) is 0 Å². The van der Waals surface area contributed by atoms with Gasteiger partial charge in [0.2, 0.25) is 5.91 Å². The Morgan fingerprint density at radius 1 is 1.18 bits per heavy atom. The first-order valence-electron chi connectivity index (χ1n) is 7.04. The van der Waals surface area contributed by atoms with Crippen molar-refractivity contribution < 1.29 is 19.5 Å². The molecule has 0 fully saturated rings. The standard InChI is InChI=1S/C16H22N2O4/c1-10-5-11(2)7-13(6-10)15(20)17-8-14(19)18(4)9-12(3)16(21)22/h5-7,12H,8-9H2,1-4H3,(H,17,20)(H,21,22). The van der Waals surface area contributed by atoms with Crippen molar-refractivity contribution in [2.45, 2.75) is 20.8 Å². The molecule has 1 unspecified atom stereocenters. The first kappa shape index (κ1) is 17.7. The number of likely N-dealkylation sites (N-methyl/N-ethyl adjacent to an activating group) is 1. The van der Waals surface area contributed by atoms with Crippen molar-refractivity contribution >= 4 is 17.8 Å². The Morgan fingerprint density at radius 3 is 2.23 bits per heavy atom. The summed E-state index contributed by atoms with van der Waals surface area (Å²) in [5.74, 6) is -2.26. The molecule has 0 saturated carbocycles. The van der Waals surface area contributed by atoms with E-state index in [-0.39, 0.29) is 24.9 Å². The zero-order valence-corrected chi connectivity index (χ0v) is 13.3. The topological polar surface area (TPSA) is 86.7 Å². The maximum absolute atomic E-state index is 12.0. The van der Waals surface area contributed by atoms with Crippen LogP contribution in [-0.2, 0) is 9.59 Å². The molecule has 0 aliphatic rings. The van der Waals surface area contributed by atoms with Crippen LogP contribution in [0.5, 0.6) is 0 Å². The fraction of sp³-hybridized carbons (Fsp3) is 0.438. The van der Waals surface area contributed by atoms with Gasteiger partial charge in [0.15, 0.2) is 0 Å². The molecule has 0 spiro atoms. The van der Waals surface area contributed by atoms with Crippen molar-refractivity contribution in [2.24, 2.45) is 5.92 Å². The van der Waals surface area contributed by atoms with Crippen LogP contribution in [0.25, 0.3) is 0 Å². The number of benzene rings is 1. The predicted molar refractivity (Wildman–Crippen MR) is 82.7 cm³/mol. The van der Waals surface area contributed by atoms with E-state index in [4.69, 9.17) is 5.11 Å². The van der Waals surface area contributed by atoms with Gasteiger partial charge in [-0.15, -0.1) is 0 Å². The molecule has 1 aromatic carbocycles. The smallest absolute Gasteiger partial charge is 0.308 e. The van der Waals surface area contributed by atoms with Crippen molar-refractivity contribution in [3.05, 3.63) is 34.9 Å². The third-order valence-corrected chi connectivity index (χ3v) is 3.28. The van der Waals surface area contributed by atoms with Crippen LogP contribution in [-0.4, -0.2) is 47.9 Å². The van der Waals surface area contributed by atoms with E-state index in [1.807, 2.05) is 19.9 Å². The van der Waals surface area contributed by atoms with Gasteiger partial charge in [-0.05, 0) is 26.0 Å². The van der Waals surface area contributed by atoms with E-state index in [0.717, 1.165) is 11.1 Å². The number of hydrogen-bond donors (Lipinski definition) is 2. The van der Waals surface area contributed by atoms with Gasteiger partial charge in [0, 0.05) is 19.2 Å². The van der Waals surface area contributed by atoms with Gasteiger partial charge in [0.1, 0.15) is 0 Å². The van der Waals surface area contributed by atoms with Crippen LogP contribution in [0.1, 0.15) is 28.4 Å². The molecule has 0 bridgehead atoms. The summed E-state index contributed by atoms with van der Waals surface area (Å²) in [6.07, 6.45) is 0. The van der Waals surface area contributed by atoms with E-state index in [9.17, 15) is 14.4 Å². The van der Waals surface area contributed by atoms with Gasteiger partial charge in [-0.25, -0.2) is 0 Å². The molecule has 0 radical (unpaired) electrons. The minimum atomic E-state index is -0.959. The quantitative estimate of drug-likeness (QED) is 0.827. The van der Waals surface area contributed by atoms with Crippen molar-refractivity contribution in [3.63, 3.8) is 0 Å². The second-order valence-electron chi connectivity index (χ2n) is 5.57. The summed E-state index contributed by atoms with van der Waals surface area (Å²) in [7, 11) is 1.52. The number of aliphatic carboxylic acids is 1. The van der Waals surface area contributed by atoms with Gasteiger partial charge < -0.3 is 15.3 Å². The molecule has 0 aliphatic heterocycles. The molecular formula is C16H22N2O4. The van der Waals surface area contributed by atoms with Crippen LogP contribution >= 0.6 is 0 Å². The predicted octanol–water partition coefficient (Wildman–Crippen LogP) is 1.21. The van der Waals surface area contributed by atoms with Gasteiger partial charge in [0.25, 0.3) is 5.91 Å². The highest BCUT2D eigenvalue weighted by Gasteiger charge is 2.18. The average molecular weight is 306 g/mol. The van der Waals surface area contributed by atoms with E-state index in [2.05, 4.69) is 5.32 Å². The molecule has 6 heteroatoms. The Hall–Kier alpha value is -2.37. The SMILES string of the molecule is Cc1cc(C)cc(C(=O)NCC(=O)N(C)CC(C)C(=O)O)c1. The first-order chi connectivity index (χ1) is 10.2. The third kappa shape index (κ3) is 5.20. The minimum Gasteiger partial charge on any atom is -0.481 e. The summed E-state index contributed by atoms with van der Waals surface area (Å²) >= 11 is 0. The highest BCUT2D eigenvalue weighted by molar-refractivity contribution is 5.96. The molecule has 22 heavy (non-hydrogen) atoms. The number of carbonyl (C=O) groups is 3. The van der Waals surface area contributed by atoms with E-state index >= 15 is 0 Å². The lowest BCUT2D eigenvalue weighted by atomic mass is 10.1. The number of carboxylic acid groups (broad SMARTS) is 1. The minimum absolute atomic E-state index is 0.105. The molecule has 2 N–H and O–H groups in total. The normalized spacial score (nSPS) is 11.6. The summed E-state index contributed by atoms with van der Waals surface area (Å²) < 4.78 is 0. The zero-order chi connectivity index (χ0) is 16.9.